The van der Waals surface area contributed by atoms with Crippen LogP contribution in [-0.4, -0.2) is 262 Å². The molecule has 11 rings (SSSR count). The number of rotatable bonds is 12. The van der Waals surface area contributed by atoms with E-state index in [1.165, 1.54) is 20.8 Å². The minimum atomic E-state index is -2.12. The molecule has 7 unspecified atom stereocenters. The number of carboxylic acids is 1. The molecule has 6 saturated heterocycles. The summed E-state index contributed by atoms with van der Waals surface area (Å²) in [4.78, 5) is 13.0. The first-order valence-corrected chi connectivity index (χ1v) is 31.3. The Hall–Kier alpha value is -1.49. The van der Waals surface area contributed by atoms with Crippen LogP contribution in [0.25, 0.3) is 0 Å². The van der Waals surface area contributed by atoms with Crippen molar-refractivity contribution in [3.8, 4) is 0 Å². The first-order valence-electron chi connectivity index (χ1n) is 31.3. The van der Waals surface area contributed by atoms with Crippen LogP contribution >= 0.6 is 0 Å². The van der Waals surface area contributed by atoms with Gasteiger partial charge in [0.2, 0.25) is 0 Å². The summed E-state index contributed by atoms with van der Waals surface area (Å²) >= 11 is 0. The van der Waals surface area contributed by atoms with Gasteiger partial charge in [0.25, 0.3) is 0 Å². The molecular formula is C60H98O26. The van der Waals surface area contributed by atoms with Gasteiger partial charge in [-0.05, 0) is 124 Å². The molecule has 0 radical (unpaired) electrons. The predicted molar refractivity (Wildman–Crippen MR) is 291 cm³/mol. The minimum Gasteiger partial charge on any atom is -0.479 e. The molecule has 35 atom stereocenters. The number of ether oxygens (including phenoxy) is 11. The second-order valence-corrected chi connectivity index (χ2v) is 29.9. The first-order chi connectivity index (χ1) is 40.1. The number of aliphatic carboxylic acids is 1. The second-order valence-electron chi connectivity index (χ2n) is 29.9. The van der Waals surface area contributed by atoms with Crippen molar-refractivity contribution in [2.24, 2.45) is 50.2 Å². The van der Waals surface area contributed by atoms with Crippen molar-refractivity contribution < 1.29 is 128 Å². The Morgan fingerprint density at radius 1 is 0.477 bits per heavy atom. The maximum absolute atomic E-state index is 13.0. The van der Waals surface area contributed by atoms with Gasteiger partial charge in [-0.3, -0.25) is 0 Å². The van der Waals surface area contributed by atoms with Crippen molar-refractivity contribution >= 4 is 5.97 Å². The van der Waals surface area contributed by atoms with Crippen molar-refractivity contribution in [3.63, 3.8) is 0 Å². The number of carbonyl (C=O) groups is 1. The molecule has 0 aromatic heterocycles. The Bertz CT molecular complexity index is 2420. The van der Waals surface area contributed by atoms with E-state index in [1.54, 1.807) is 0 Å². The van der Waals surface area contributed by atoms with Crippen LogP contribution in [0, 0.1) is 50.2 Å². The molecule has 6 aliphatic heterocycles. The van der Waals surface area contributed by atoms with Gasteiger partial charge in [-0.25, -0.2) is 4.79 Å². The summed E-state index contributed by atoms with van der Waals surface area (Å²) in [6, 6.07) is 0. The summed E-state index contributed by atoms with van der Waals surface area (Å²) in [6.45, 7) is 20.2. The smallest absolute Gasteiger partial charge is 0.335 e. The molecule has 6 heterocycles. The number of hydrogen-bond donors (Lipinski definition) is 14. The Morgan fingerprint density at radius 2 is 0.988 bits per heavy atom. The fourth-order valence-corrected chi connectivity index (χ4v) is 19.4. The molecule has 14 N–H and O–H groups in total. The SMILES string of the molecule is C[C@H]1O[C@@H](O[C@H]2[C@H](O[C@@H]3[C@@H](O)[C@@H](O)[C@H](O[C@H]4[C@@H](O)[C@@H](O)[C@H](O[C@H]5[C@@H](O)[C@@H](O)[C@H](O[C@H]6CC[C@@]7(C)C(CC[C@]8(C)C7CCC79OCC%10(CCC(C)(C)CC%107)C(O)CC98C)C6(C)C)O[C@@H]5C(=O)O)O[C@@H]4CO)O[C@@H]3C)O[C@H](C)[C@H](O)[C@H]2O)[C@H](O)[C@H](O)[C@H]1O. The highest BCUT2D eigenvalue weighted by atomic mass is 16.8. The lowest BCUT2D eigenvalue weighted by Gasteiger charge is -2.75. The van der Waals surface area contributed by atoms with Gasteiger partial charge in [0.1, 0.15) is 97.7 Å². The van der Waals surface area contributed by atoms with Crippen molar-refractivity contribution in [2.45, 2.75) is 305 Å². The molecule has 2 bridgehead atoms. The van der Waals surface area contributed by atoms with Crippen LogP contribution in [0.3, 0.4) is 0 Å². The number of fused-ring (bicyclic) bond motifs is 4. The normalized spacial score (nSPS) is 57.7. The summed E-state index contributed by atoms with van der Waals surface area (Å²) in [5.74, 6) is -0.900. The highest BCUT2D eigenvalue weighted by Crippen LogP contribution is 2.80. The van der Waals surface area contributed by atoms with Crippen LogP contribution in [-0.2, 0) is 56.9 Å². The molecule has 26 heteroatoms. The van der Waals surface area contributed by atoms with Gasteiger partial charge < -0.3 is 124 Å². The molecule has 26 nitrogen and oxygen atoms in total. The third-order valence-electron chi connectivity index (χ3n) is 24.6. The van der Waals surface area contributed by atoms with Crippen LogP contribution in [0.2, 0.25) is 0 Å². The number of hydrogen-bond acceptors (Lipinski definition) is 25. The number of aliphatic hydroxyl groups excluding tert-OH is 13. The summed E-state index contributed by atoms with van der Waals surface area (Å²) in [5.41, 5.74) is -1.46. The number of aliphatic hydroxyl groups is 13. The lowest BCUT2D eigenvalue weighted by Crippen LogP contribution is -2.74. The summed E-state index contributed by atoms with van der Waals surface area (Å²) < 4.78 is 66.5. The van der Waals surface area contributed by atoms with Gasteiger partial charge in [0, 0.05) is 10.8 Å². The highest BCUT2D eigenvalue weighted by molar-refractivity contribution is 5.73. The van der Waals surface area contributed by atoms with Crippen molar-refractivity contribution in [3.05, 3.63) is 0 Å². The fraction of sp³-hybridized carbons (Fsp3) is 0.983. The Labute approximate surface area is 501 Å². The Morgan fingerprint density at radius 3 is 1.63 bits per heavy atom. The van der Waals surface area contributed by atoms with Gasteiger partial charge >= 0.3 is 5.97 Å². The zero-order valence-electron chi connectivity index (χ0n) is 51.0. The maximum Gasteiger partial charge on any atom is 0.335 e. The average Bonchev–Trinajstić information content (AvgIpc) is 1.54. The maximum atomic E-state index is 13.0. The minimum absolute atomic E-state index is 0.133. The lowest BCUT2D eigenvalue weighted by molar-refractivity contribution is -0.394. The van der Waals surface area contributed by atoms with E-state index < -0.39 is 184 Å². The molecule has 5 aliphatic carbocycles. The van der Waals surface area contributed by atoms with Gasteiger partial charge in [0.15, 0.2) is 37.6 Å². The molecule has 86 heavy (non-hydrogen) atoms. The standard InChI is InChI=1S/C60H98O26/c1-23-32(63)34(65)39(70)49(77-23)85-46-35(66)33(64)24(2)78-53(46)82-43-25(3)79-50(40(71)36(43)67)83-44-26(21-61)80-51(41(72)37(44)68)84-45-38(69)42(73)52(86-47(45)48(74)75)81-31-13-14-56(8)27(55(31,6)7)11-15-57(9)28(56)12-16-60-29-19-54(4,5)17-18-59(29,22-76-60)30(62)20-58(57,60)10/h23-47,49-53,61-73H,11-22H2,1-10H3,(H,74,75)/t23-,24-,25-,26-,27?,28?,29?,30?,31+,32+,33+,34-,35-,36+,37+,38+,39-,40-,41-,42-,43+,44-,45+,46-,47+,49+,50+,51+,52-,53+,56+,57-,58?,59?,60?/m1/s1. The van der Waals surface area contributed by atoms with E-state index in [-0.39, 0.29) is 44.5 Å². The van der Waals surface area contributed by atoms with Crippen molar-refractivity contribution in [1.29, 1.82) is 0 Å². The van der Waals surface area contributed by atoms with Crippen LogP contribution in [0.15, 0.2) is 0 Å². The summed E-state index contributed by atoms with van der Waals surface area (Å²) in [6.07, 6.45) is -35.2. The highest BCUT2D eigenvalue weighted by Gasteiger charge is 2.80. The predicted octanol–water partition coefficient (Wildman–Crippen LogP) is -1.35. The van der Waals surface area contributed by atoms with Crippen LogP contribution in [0.1, 0.15) is 133 Å². The van der Waals surface area contributed by atoms with Gasteiger partial charge in [-0.15, -0.1) is 0 Å². The third-order valence-corrected chi connectivity index (χ3v) is 24.6. The topological polar surface area (TPSA) is 402 Å². The van der Waals surface area contributed by atoms with E-state index in [0.29, 0.717) is 25.4 Å². The summed E-state index contributed by atoms with van der Waals surface area (Å²) in [7, 11) is 0. The van der Waals surface area contributed by atoms with E-state index in [2.05, 4.69) is 48.5 Å². The average molecular weight is 1240 g/mol. The molecule has 0 aromatic carbocycles. The molecule has 0 aromatic rings. The van der Waals surface area contributed by atoms with Crippen molar-refractivity contribution in [2.75, 3.05) is 13.2 Å². The van der Waals surface area contributed by atoms with Crippen LogP contribution in [0.4, 0.5) is 0 Å². The molecule has 494 valence electrons. The molecule has 11 aliphatic rings. The second kappa shape index (κ2) is 23.2. The Kier molecular flexibility index (Phi) is 17.8. The van der Waals surface area contributed by atoms with E-state index in [4.69, 9.17) is 52.1 Å². The van der Waals surface area contributed by atoms with Crippen LogP contribution < -0.4 is 0 Å². The molecule has 11 fully saturated rings. The fourth-order valence-electron chi connectivity index (χ4n) is 19.4. The number of carboxylic acid groups (broad SMARTS) is 1. The molecule has 0 amide bonds. The van der Waals surface area contributed by atoms with Gasteiger partial charge in [0.05, 0.1) is 49.3 Å². The largest absolute Gasteiger partial charge is 0.479 e. The van der Waals surface area contributed by atoms with E-state index in [0.717, 1.165) is 51.4 Å². The van der Waals surface area contributed by atoms with Gasteiger partial charge in [-0.2, -0.15) is 0 Å². The first kappa shape index (κ1) is 66.0. The third kappa shape index (κ3) is 10.1. The van der Waals surface area contributed by atoms with E-state index in [9.17, 15) is 76.3 Å². The Balaban J connectivity index is 0.722. The van der Waals surface area contributed by atoms with Crippen LogP contribution in [0.5, 0.6) is 0 Å². The molecule has 5 saturated carbocycles. The van der Waals surface area contributed by atoms with E-state index in [1.807, 2.05) is 0 Å². The zero-order valence-corrected chi connectivity index (χ0v) is 51.0. The van der Waals surface area contributed by atoms with E-state index >= 15 is 0 Å². The molecule has 1 spiro atoms. The monoisotopic (exact) mass is 1230 g/mol. The zero-order chi connectivity index (χ0) is 62.7. The van der Waals surface area contributed by atoms with Crippen molar-refractivity contribution in [1.82, 2.24) is 0 Å². The summed E-state index contributed by atoms with van der Waals surface area (Å²) in [5, 5.41) is 156. The molecular weight excluding hydrogens is 1140 g/mol. The quantitative estimate of drug-likeness (QED) is 0.100. The lowest BCUT2D eigenvalue weighted by atomic mass is 9.30. The van der Waals surface area contributed by atoms with Gasteiger partial charge in [-0.1, -0.05) is 48.5 Å².